The lowest BCUT2D eigenvalue weighted by molar-refractivity contribution is 0.341. The second kappa shape index (κ2) is 7.73. The Morgan fingerprint density at radius 1 is 1.14 bits per heavy atom. The predicted molar refractivity (Wildman–Crippen MR) is 122 cm³/mol. The Kier molecular flexibility index (Phi) is 4.94. The molecule has 29 heavy (non-hydrogen) atoms. The fraction of sp³-hybridized carbons (Fsp3) is 0.292. The number of fused-ring (bicyclic) bond motifs is 3. The van der Waals surface area contributed by atoms with Gasteiger partial charge in [-0.15, -0.1) is 0 Å². The first-order valence-corrected chi connectivity index (χ1v) is 11.1. The normalized spacial score (nSPS) is 24.4. The molecule has 148 valence electrons. The molecule has 3 aromatic rings. The van der Waals surface area contributed by atoms with E-state index < -0.39 is 0 Å². The Bertz CT molecular complexity index is 1060. The van der Waals surface area contributed by atoms with Gasteiger partial charge in [-0.25, -0.2) is 4.31 Å². The first kappa shape index (κ1) is 18.5. The maximum atomic E-state index is 7.52. The van der Waals surface area contributed by atoms with Crippen LogP contribution in [-0.2, 0) is 6.54 Å². The van der Waals surface area contributed by atoms with Crippen molar-refractivity contribution in [2.45, 2.75) is 42.8 Å². The van der Waals surface area contributed by atoms with Crippen molar-refractivity contribution >= 4 is 34.6 Å². The highest BCUT2D eigenvalue weighted by atomic mass is 32.2. The summed E-state index contributed by atoms with van der Waals surface area (Å²) in [6.45, 7) is 1.07. The lowest BCUT2D eigenvalue weighted by atomic mass is 9.89. The van der Waals surface area contributed by atoms with E-state index in [1.54, 1.807) is 0 Å². The maximum absolute atomic E-state index is 7.52. The van der Waals surface area contributed by atoms with E-state index in [0.29, 0.717) is 18.0 Å². The minimum atomic E-state index is 0.659. The van der Waals surface area contributed by atoms with Crippen LogP contribution in [-0.4, -0.2) is 27.2 Å². The van der Waals surface area contributed by atoms with Crippen LogP contribution in [0.25, 0.3) is 16.5 Å². The number of nitrogens with one attached hydrogen (secondary N) is 1. The van der Waals surface area contributed by atoms with Crippen LogP contribution in [0.2, 0.25) is 0 Å². The van der Waals surface area contributed by atoms with Crippen molar-refractivity contribution in [3.63, 3.8) is 0 Å². The smallest absolute Gasteiger partial charge is 0.0480 e. The zero-order chi connectivity index (χ0) is 19.8. The first-order chi connectivity index (χ1) is 14.3. The molecule has 1 aromatic heterocycles. The Balaban J connectivity index is 1.34. The van der Waals surface area contributed by atoms with Gasteiger partial charge in [0.25, 0.3) is 0 Å². The van der Waals surface area contributed by atoms with E-state index in [2.05, 4.69) is 69.7 Å². The van der Waals surface area contributed by atoms with Crippen molar-refractivity contribution < 1.29 is 0 Å². The van der Waals surface area contributed by atoms with Crippen LogP contribution >= 0.6 is 11.9 Å². The molecule has 3 heterocycles. The number of hydrogen-bond acceptors (Lipinski definition) is 4. The van der Waals surface area contributed by atoms with Crippen LogP contribution < -0.4 is 5.73 Å². The zero-order valence-corrected chi connectivity index (χ0v) is 17.2. The number of hydrogen-bond donors (Lipinski definition) is 2. The fourth-order valence-electron chi connectivity index (χ4n) is 5.02. The number of nitrogens with zero attached hydrogens (tertiary/aromatic N) is 2. The third-order valence-electron chi connectivity index (χ3n) is 6.43. The summed E-state index contributed by atoms with van der Waals surface area (Å²) in [5.74, 6) is 0.696. The van der Waals surface area contributed by atoms with Gasteiger partial charge >= 0.3 is 0 Å². The first-order valence-electron chi connectivity index (χ1n) is 10.3. The fourth-order valence-corrected chi connectivity index (χ4v) is 6.30. The summed E-state index contributed by atoms with van der Waals surface area (Å²) >= 11 is 1.94. The second-order valence-electron chi connectivity index (χ2n) is 8.07. The molecule has 2 fully saturated rings. The van der Waals surface area contributed by atoms with Crippen molar-refractivity contribution in [1.82, 2.24) is 8.87 Å². The van der Waals surface area contributed by atoms with Crippen molar-refractivity contribution in [2.75, 3.05) is 0 Å². The van der Waals surface area contributed by atoms with Crippen LogP contribution in [0.15, 0.2) is 71.9 Å². The summed E-state index contributed by atoms with van der Waals surface area (Å²) in [6, 6.07) is 20.7. The number of aromatic nitrogens is 1. The zero-order valence-electron chi connectivity index (χ0n) is 16.4. The van der Waals surface area contributed by atoms with Crippen LogP contribution in [0.3, 0.4) is 0 Å². The summed E-state index contributed by atoms with van der Waals surface area (Å²) in [7, 11) is 0. The van der Waals surface area contributed by atoms with Gasteiger partial charge in [0.1, 0.15) is 0 Å². The van der Waals surface area contributed by atoms with E-state index in [1.165, 1.54) is 47.5 Å². The van der Waals surface area contributed by atoms with E-state index in [9.17, 15) is 0 Å². The van der Waals surface area contributed by atoms with Gasteiger partial charge in [-0.3, -0.25) is 0 Å². The van der Waals surface area contributed by atoms with E-state index in [4.69, 9.17) is 11.1 Å². The standard InChI is InChI=1S/C24H26N4S/c25-14-20(15-26)17-6-8-23-18(12-17)10-11-27(23)16-19-13-21-7-9-24(19)28(21)29-22-4-2-1-3-5-22/h1-6,8,10-12,14-15,19,21,24-25H,7,9,13,16,26H2/b20-15+,25-14?. The van der Waals surface area contributed by atoms with E-state index in [0.717, 1.165) is 17.7 Å². The molecule has 3 atom stereocenters. The molecule has 0 saturated carbocycles. The molecule has 2 saturated heterocycles. The van der Waals surface area contributed by atoms with Gasteiger partial charge in [0.05, 0.1) is 0 Å². The molecule has 3 unspecified atom stereocenters. The van der Waals surface area contributed by atoms with Gasteiger partial charge in [0.15, 0.2) is 0 Å². The Hall–Kier alpha value is -2.50. The topological polar surface area (TPSA) is 58.0 Å². The number of allylic oxidation sites excluding steroid dienone is 1. The summed E-state index contributed by atoms with van der Waals surface area (Å²) in [6.07, 6.45) is 8.95. The number of nitrogens with two attached hydrogens (primary N) is 1. The third kappa shape index (κ3) is 3.38. The molecule has 0 amide bonds. The molecule has 5 rings (SSSR count). The highest BCUT2D eigenvalue weighted by molar-refractivity contribution is 7.97. The van der Waals surface area contributed by atoms with Gasteiger partial charge in [-0.1, -0.05) is 24.3 Å². The minimum absolute atomic E-state index is 0.659. The molecule has 0 radical (unpaired) electrons. The molecule has 4 nitrogen and oxygen atoms in total. The van der Waals surface area contributed by atoms with Gasteiger partial charge < -0.3 is 15.7 Å². The van der Waals surface area contributed by atoms with Crippen LogP contribution in [0.4, 0.5) is 0 Å². The molecule has 2 aromatic carbocycles. The molecular formula is C24H26N4S. The molecular weight excluding hydrogens is 376 g/mol. The van der Waals surface area contributed by atoms with Crippen molar-refractivity contribution in [2.24, 2.45) is 11.7 Å². The Morgan fingerprint density at radius 2 is 2.00 bits per heavy atom. The average Bonchev–Trinajstić information content (AvgIpc) is 3.43. The summed E-state index contributed by atoms with van der Waals surface area (Å²) < 4.78 is 5.08. The molecule has 2 bridgehead atoms. The number of benzene rings is 2. The molecule has 5 heteroatoms. The van der Waals surface area contributed by atoms with Crippen molar-refractivity contribution in [1.29, 1.82) is 5.41 Å². The van der Waals surface area contributed by atoms with E-state index in [1.807, 2.05) is 11.9 Å². The van der Waals surface area contributed by atoms with Gasteiger partial charge in [0, 0.05) is 58.6 Å². The van der Waals surface area contributed by atoms with Crippen LogP contribution in [0, 0.1) is 11.3 Å². The van der Waals surface area contributed by atoms with Crippen molar-refractivity contribution in [3.05, 3.63) is 72.6 Å². The quantitative estimate of drug-likeness (QED) is 0.443. The lowest BCUT2D eigenvalue weighted by Crippen LogP contribution is -2.26. The van der Waals surface area contributed by atoms with Gasteiger partial charge in [-0.05, 0) is 73.0 Å². The summed E-state index contributed by atoms with van der Waals surface area (Å²) in [5.41, 5.74) is 8.66. The predicted octanol–water partition coefficient (Wildman–Crippen LogP) is 5.15. The van der Waals surface area contributed by atoms with E-state index >= 15 is 0 Å². The summed E-state index contributed by atoms with van der Waals surface area (Å²) in [4.78, 5) is 1.35. The van der Waals surface area contributed by atoms with Gasteiger partial charge in [0.2, 0.25) is 0 Å². The monoisotopic (exact) mass is 402 g/mol. The Labute approximate surface area is 176 Å². The minimum Gasteiger partial charge on any atom is -0.404 e. The number of rotatable bonds is 6. The highest BCUT2D eigenvalue weighted by Gasteiger charge is 2.46. The Morgan fingerprint density at radius 3 is 2.79 bits per heavy atom. The molecule has 0 aliphatic carbocycles. The van der Waals surface area contributed by atoms with Crippen LogP contribution in [0.5, 0.6) is 0 Å². The van der Waals surface area contributed by atoms with E-state index in [-0.39, 0.29) is 0 Å². The molecule has 2 aliphatic rings. The second-order valence-corrected chi connectivity index (χ2v) is 9.14. The molecule has 0 spiro atoms. The molecule has 3 N–H and O–H groups in total. The SMILES string of the molecule is N=C/C(=C\N)c1ccc2c(ccn2CC2CC3CCC2N3Sc2ccccc2)c1. The molecule has 2 aliphatic heterocycles. The van der Waals surface area contributed by atoms with Crippen molar-refractivity contribution in [3.8, 4) is 0 Å². The maximum Gasteiger partial charge on any atom is 0.0480 e. The lowest BCUT2D eigenvalue weighted by Gasteiger charge is -2.24. The largest absolute Gasteiger partial charge is 0.404 e. The average molecular weight is 403 g/mol. The third-order valence-corrected chi connectivity index (χ3v) is 7.69. The van der Waals surface area contributed by atoms with Crippen LogP contribution in [0.1, 0.15) is 24.8 Å². The van der Waals surface area contributed by atoms with Gasteiger partial charge in [-0.2, -0.15) is 0 Å². The summed E-state index contributed by atoms with van der Waals surface area (Å²) in [5, 5.41) is 8.73. The highest BCUT2D eigenvalue weighted by Crippen LogP contribution is 2.48.